The maximum Gasteiger partial charge on any atom is 0.416 e. The lowest BCUT2D eigenvalue weighted by Gasteiger charge is -2.49. The SMILES string of the molecule is CC=C[C@@H]1C(c2ccc(C(F)(F)F)cc2)N(CC2(C)Cn3cc([N+](=O)[O-])nc3O2)CCN1C(=O)[O-]. The highest BCUT2D eigenvalue weighted by atomic mass is 19.4. The molecule has 0 N–H and O–H groups in total. The third-order valence-electron chi connectivity index (χ3n) is 6.20. The van der Waals surface area contributed by atoms with Crippen molar-refractivity contribution in [1.29, 1.82) is 0 Å². The molecular formula is C22H23F3N5O5-. The zero-order valence-corrected chi connectivity index (χ0v) is 18.9. The number of carboxylic acid groups (broad SMARTS) is 1. The summed E-state index contributed by atoms with van der Waals surface area (Å²) in [4.78, 5) is 29.2. The fraction of sp³-hybridized carbons (Fsp3) is 0.455. The van der Waals surface area contributed by atoms with Crippen LogP contribution in [0.3, 0.4) is 0 Å². The number of piperazine rings is 1. The predicted octanol–water partition coefficient (Wildman–Crippen LogP) is 2.61. The van der Waals surface area contributed by atoms with Gasteiger partial charge in [0.2, 0.25) is 0 Å². The topological polar surface area (TPSA) is 117 Å². The summed E-state index contributed by atoms with van der Waals surface area (Å²) >= 11 is 0. The molecule has 3 heterocycles. The lowest BCUT2D eigenvalue weighted by molar-refractivity contribution is -0.389. The van der Waals surface area contributed by atoms with Crippen LogP contribution in [0.4, 0.5) is 23.8 Å². The van der Waals surface area contributed by atoms with Gasteiger partial charge in [-0.25, -0.2) is 0 Å². The summed E-state index contributed by atoms with van der Waals surface area (Å²) in [6.45, 7) is 4.45. The number of rotatable bonds is 5. The molecule has 0 bridgehead atoms. The molecule has 0 saturated carbocycles. The molecule has 1 aromatic carbocycles. The molecule has 35 heavy (non-hydrogen) atoms. The average molecular weight is 494 g/mol. The highest BCUT2D eigenvalue weighted by Gasteiger charge is 2.45. The molecule has 10 nitrogen and oxygen atoms in total. The Bertz CT molecular complexity index is 1120. The molecule has 1 amide bonds. The summed E-state index contributed by atoms with van der Waals surface area (Å²) < 4.78 is 46.8. The van der Waals surface area contributed by atoms with Crippen molar-refractivity contribution < 1.29 is 32.7 Å². The van der Waals surface area contributed by atoms with Gasteiger partial charge in [0.1, 0.15) is 17.9 Å². The first kappa shape index (κ1) is 24.5. The van der Waals surface area contributed by atoms with Crippen LogP contribution in [0.1, 0.15) is 31.0 Å². The van der Waals surface area contributed by atoms with Crippen molar-refractivity contribution in [3.63, 3.8) is 0 Å². The number of aromatic nitrogens is 2. The minimum absolute atomic E-state index is 0.101. The van der Waals surface area contributed by atoms with Crippen LogP contribution < -0.4 is 9.84 Å². The average Bonchev–Trinajstić information content (AvgIpc) is 3.28. The summed E-state index contributed by atoms with van der Waals surface area (Å²) in [5.74, 6) is -0.333. The second-order valence-corrected chi connectivity index (χ2v) is 8.83. The van der Waals surface area contributed by atoms with Crippen LogP contribution in [-0.4, -0.2) is 61.6 Å². The van der Waals surface area contributed by atoms with E-state index in [0.717, 1.165) is 17.0 Å². The molecule has 2 aliphatic rings. The molecule has 2 aromatic rings. The van der Waals surface area contributed by atoms with Crippen LogP contribution in [0.5, 0.6) is 6.01 Å². The number of fused-ring (bicyclic) bond motifs is 1. The quantitative estimate of drug-likeness (QED) is 0.356. The van der Waals surface area contributed by atoms with E-state index in [2.05, 4.69) is 4.98 Å². The zero-order chi connectivity index (χ0) is 25.5. The Morgan fingerprint density at radius 3 is 2.54 bits per heavy atom. The van der Waals surface area contributed by atoms with E-state index in [1.54, 1.807) is 26.0 Å². The Kier molecular flexibility index (Phi) is 6.21. The van der Waals surface area contributed by atoms with Crippen molar-refractivity contribution in [1.82, 2.24) is 19.4 Å². The van der Waals surface area contributed by atoms with E-state index in [4.69, 9.17) is 4.74 Å². The Labute approximate surface area is 198 Å². The van der Waals surface area contributed by atoms with Gasteiger partial charge in [0.15, 0.2) is 0 Å². The van der Waals surface area contributed by atoms with Crippen LogP contribution in [0, 0.1) is 10.1 Å². The highest BCUT2D eigenvalue weighted by Crippen LogP contribution is 2.38. The number of allylic oxidation sites excluding steroid dienone is 1. The molecule has 2 unspecified atom stereocenters. The molecular weight excluding hydrogens is 471 g/mol. The Morgan fingerprint density at radius 1 is 1.31 bits per heavy atom. The van der Waals surface area contributed by atoms with Crippen LogP contribution in [-0.2, 0) is 12.7 Å². The van der Waals surface area contributed by atoms with Crippen LogP contribution in [0.15, 0.2) is 42.6 Å². The maximum absolute atomic E-state index is 13.1. The van der Waals surface area contributed by atoms with E-state index in [1.165, 1.54) is 22.9 Å². The van der Waals surface area contributed by atoms with E-state index in [-0.39, 0.29) is 38.0 Å². The molecule has 3 atom stereocenters. The number of nitrogens with zero attached hydrogens (tertiary/aromatic N) is 5. The molecule has 0 aliphatic carbocycles. The number of halogens is 3. The van der Waals surface area contributed by atoms with Gasteiger partial charge < -0.3 is 29.7 Å². The highest BCUT2D eigenvalue weighted by molar-refractivity contribution is 5.64. The fourth-order valence-electron chi connectivity index (χ4n) is 4.78. The monoisotopic (exact) mass is 494 g/mol. The number of alkyl halides is 3. The standard InChI is InChI=1S/C22H24F3N5O5/c1-3-4-16-18(14-5-7-15(8-6-14)22(23,24)25)27(9-10-29(16)20(31)32)12-21(2)13-28-11-17(30(33)34)26-19(28)35-21/h3-8,11,16,18H,9-10,12-13H2,1-2H3,(H,31,32)/p-1/t16-,18?,21?/m1/s1. The lowest BCUT2D eigenvalue weighted by atomic mass is 9.91. The number of nitro groups is 1. The minimum atomic E-state index is -4.50. The zero-order valence-electron chi connectivity index (χ0n) is 18.9. The van der Waals surface area contributed by atoms with E-state index in [9.17, 15) is 33.2 Å². The number of amides is 1. The second kappa shape index (κ2) is 8.87. The van der Waals surface area contributed by atoms with E-state index in [0.29, 0.717) is 5.56 Å². The van der Waals surface area contributed by atoms with Crippen molar-refractivity contribution >= 4 is 11.9 Å². The maximum atomic E-state index is 13.1. The van der Waals surface area contributed by atoms with Gasteiger partial charge in [-0.2, -0.15) is 13.2 Å². The van der Waals surface area contributed by atoms with Crippen molar-refractivity contribution in [3.8, 4) is 6.01 Å². The van der Waals surface area contributed by atoms with Gasteiger partial charge in [-0.15, -0.1) is 0 Å². The number of carbonyl (C=O) groups excluding carboxylic acids is 1. The van der Waals surface area contributed by atoms with E-state index >= 15 is 0 Å². The first-order valence-corrected chi connectivity index (χ1v) is 10.8. The van der Waals surface area contributed by atoms with Crippen molar-refractivity contribution in [2.45, 2.75) is 44.3 Å². The molecule has 4 rings (SSSR count). The van der Waals surface area contributed by atoms with Crippen LogP contribution in [0.2, 0.25) is 0 Å². The lowest BCUT2D eigenvalue weighted by Crippen LogP contribution is -2.61. The molecule has 0 spiro atoms. The Hall–Kier alpha value is -3.61. The number of hydrogen-bond donors (Lipinski definition) is 0. The second-order valence-electron chi connectivity index (χ2n) is 8.83. The summed E-state index contributed by atoms with van der Waals surface area (Å²) in [6.07, 6.45) is -1.23. The normalized spacial score (nSPS) is 25.0. The third kappa shape index (κ3) is 4.81. The van der Waals surface area contributed by atoms with Gasteiger partial charge in [0.05, 0.1) is 24.2 Å². The number of benzene rings is 1. The summed E-state index contributed by atoms with van der Waals surface area (Å²) in [7, 11) is 0. The molecule has 13 heteroatoms. The van der Waals surface area contributed by atoms with Gasteiger partial charge in [0.25, 0.3) is 0 Å². The molecule has 1 saturated heterocycles. The molecule has 2 aliphatic heterocycles. The smallest absolute Gasteiger partial charge is 0.416 e. The molecule has 0 radical (unpaired) electrons. The molecule has 1 fully saturated rings. The minimum Gasteiger partial charge on any atom is -0.530 e. The summed E-state index contributed by atoms with van der Waals surface area (Å²) in [5, 5.41) is 22.8. The number of hydrogen-bond acceptors (Lipinski definition) is 7. The third-order valence-corrected chi connectivity index (χ3v) is 6.20. The number of ether oxygens (including phenoxy) is 1. The van der Waals surface area contributed by atoms with Gasteiger partial charge in [-0.1, -0.05) is 24.3 Å². The van der Waals surface area contributed by atoms with E-state index in [1.807, 2.05) is 4.90 Å². The van der Waals surface area contributed by atoms with Crippen molar-refractivity contribution in [3.05, 3.63) is 63.9 Å². The van der Waals surface area contributed by atoms with Gasteiger partial charge in [0, 0.05) is 24.6 Å². The van der Waals surface area contributed by atoms with Crippen molar-refractivity contribution in [2.75, 3.05) is 19.6 Å². The molecule has 188 valence electrons. The Morgan fingerprint density at radius 2 is 2.00 bits per heavy atom. The van der Waals surface area contributed by atoms with Crippen LogP contribution in [0.25, 0.3) is 0 Å². The Balaban J connectivity index is 1.65. The van der Waals surface area contributed by atoms with Gasteiger partial charge in [-0.3, -0.25) is 9.47 Å². The first-order valence-electron chi connectivity index (χ1n) is 10.8. The van der Waals surface area contributed by atoms with Crippen LogP contribution >= 0.6 is 0 Å². The van der Waals surface area contributed by atoms with E-state index < -0.39 is 40.4 Å². The number of carbonyl (C=O) groups is 1. The fourth-order valence-corrected chi connectivity index (χ4v) is 4.78. The molecule has 1 aromatic heterocycles. The van der Waals surface area contributed by atoms with Crippen molar-refractivity contribution in [2.24, 2.45) is 0 Å². The number of imidazole rings is 1. The first-order chi connectivity index (χ1) is 16.4. The largest absolute Gasteiger partial charge is 0.530 e. The van der Waals surface area contributed by atoms with Gasteiger partial charge >= 0.3 is 18.0 Å². The van der Waals surface area contributed by atoms with Gasteiger partial charge in [-0.05, 0) is 36.5 Å². The predicted molar refractivity (Wildman–Crippen MR) is 114 cm³/mol. The summed E-state index contributed by atoms with van der Waals surface area (Å²) in [6, 6.07) is 3.41. The summed E-state index contributed by atoms with van der Waals surface area (Å²) in [5.41, 5.74) is -1.16.